The van der Waals surface area contributed by atoms with Crippen molar-refractivity contribution in [2.24, 2.45) is 0 Å². The number of nitrogens with zero attached hydrogens (tertiary/aromatic N) is 4. The molecule has 0 saturated heterocycles. The number of fused-ring (bicyclic) bond motifs is 1. The zero-order valence-electron chi connectivity index (χ0n) is 14.5. The summed E-state index contributed by atoms with van der Waals surface area (Å²) in [4.78, 5) is 24.6. The monoisotopic (exact) mass is 344 g/mol. The van der Waals surface area contributed by atoms with Gasteiger partial charge in [0, 0.05) is 38.5 Å². The standard InChI is InChI=1S/C18H24N4OS/c1-20(2)18-19-15-9-10-22(12-16(15)24-18)17(23)13-21(3)11-14-7-5-4-6-8-14/h4-8H,9-13H2,1-3H3. The van der Waals surface area contributed by atoms with Crippen LogP contribution in [0.3, 0.4) is 0 Å². The van der Waals surface area contributed by atoms with Gasteiger partial charge in [-0.3, -0.25) is 9.69 Å². The van der Waals surface area contributed by atoms with E-state index in [1.54, 1.807) is 11.3 Å². The fourth-order valence-electron chi connectivity index (χ4n) is 2.87. The first-order chi connectivity index (χ1) is 11.5. The van der Waals surface area contributed by atoms with Gasteiger partial charge in [0.2, 0.25) is 5.91 Å². The van der Waals surface area contributed by atoms with Gasteiger partial charge in [0.05, 0.1) is 18.8 Å². The normalized spacial score (nSPS) is 13.9. The molecule has 0 radical (unpaired) electrons. The number of carbonyl (C=O) groups excluding carboxylic acids is 1. The number of hydrogen-bond acceptors (Lipinski definition) is 5. The van der Waals surface area contributed by atoms with Gasteiger partial charge in [-0.05, 0) is 12.6 Å². The quantitative estimate of drug-likeness (QED) is 0.834. The van der Waals surface area contributed by atoms with Crippen LogP contribution in [0.2, 0.25) is 0 Å². The summed E-state index contributed by atoms with van der Waals surface area (Å²) in [5.41, 5.74) is 2.39. The SMILES string of the molecule is CN(CC(=O)N1CCc2nc(N(C)C)sc2C1)Cc1ccccc1. The van der Waals surface area contributed by atoms with E-state index in [1.807, 2.05) is 49.1 Å². The van der Waals surface area contributed by atoms with Crippen molar-refractivity contribution < 1.29 is 4.79 Å². The Labute approximate surface area is 147 Å². The minimum atomic E-state index is 0.193. The van der Waals surface area contributed by atoms with E-state index in [9.17, 15) is 4.79 Å². The minimum absolute atomic E-state index is 0.193. The van der Waals surface area contributed by atoms with Crippen LogP contribution in [0.15, 0.2) is 30.3 Å². The summed E-state index contributed by atoms with van der Waals surface area (Å²) in [6.07, 6.45) is 0.855. The highest BCUT2D eigenvalue weighted by atomic mass is 32.1. The average molecular weight is 344 g/mol. The molecule has 3 rings (SSSR count). The van der Waals surface area contributed by atoms with E-state index in [1.165, 1.54) is 10.4 Å². The lowest BCUT2D eigenvalue weighted by Crippen LogP contribution is -2.41. The van der Waals surface area contributed by atoms with E-state index in [4.69, 9.17) is 0 Å². The highest BCUT2D eigenvalue weighted by Crippen LogP contribution is 2.29. The number of anilines is 1. The lowest BCUT2D eigenvalue weighted by Gasteiger charge is -2.28. The molecule has 1 aliphatic heterocycles. The smallest absolute Gasteiger partial charge is 0.237 e. The van der Waals surface area contributed by atoms with Gasteiger partial charge in [0.15, 0.2) is 5.13 Å². The molecule has 1 aromatic carbocycles. The van der Waals surface area contributed by atoms with Crippen LogP contribution in [0, 0.1) is 0 Å². The molecule has 0 unspecified atom stereocenters. The molecule has 0 atom stereocenters. The summed E-state index contributed by atoms with van der Waals surface area (Å²) in [7, 11) is 6.01. The molecule has 0 spiro atoms. The zero-order valence-corrected chi connectivity index (χ0v) is 15.3. The maximum Gasteiger partial charge on any atom is 0.237 e. The van der Waals surface area contributed by atoms with E-state index >= 15 is 0 Å². The molecule has 1 aromatic heterocycles. The fraction of sp³-hybridized carbons (Fsp3) is 0.444. The van der Waals surface area contributed by atoms with Crippen LogP contribution in [0.5, 0.6) is 0 Å². The van der Waals surface area contributed by atoms with Gasteiger partial charge in [-0.1, -0.05) is 41.7 Å². The second kappa shape index (κ2) is 7.32. The maximum absolute atomic E-state index is 12.6. The summed E-state index contributed by atoms with van der Waals surface area (Å²) in [5.74, 6) is 0.193. The summed E-state index contributed by atoms with van der Waals surface area (Å²) in [6.45, 7) is 2.70. The third-order valence-electron chi connectivity index (χ3n) is 4.16. The van der Waals surface area contributed by atoms with Crippen molar-refractivity contribution in [1.29, 1.82) is 0 Å². The zero-order chi connectivity index (χ0) is 17.1. The first-order valence-electron chi connectivity index (χ1n) is 8.19. The van der Waals surface area contributed by atoms with Gasteiger partial charge in [-0.25, -0.2) is 4.98 Å². The molecule has 0 bridgehead atoms. The molecule has 2 aromatic rings. The van der Waals surface area contributed by atoms with Gasteiger partial charge in [-0.15, -0.1) is 0 Å². The summed E-state index contributed by atoms with van der Waals surface area (Å²) in [5, 5.41) is 1.02. The third-order valence-corrected chi connectivity index (χ3v) is 5.41. The van der Waals surface area contributed by atoms with Crippen molar-refractivity contribution in [3.63, 3.8) is 0 Å². The number of aromatic nitrogens is 1. The van der Waals surface area contributed by atoms with Crippen LogP contribution < -0.4 is 4.90 Å². The topological polar surface area (TPSA) is 39.7 Å². The molecule has 1 amide bonds. The molecule has 24 heavy (non-hydrogen) atoms. The number of likely N-dealkylation sites (N-methyl/N-ethyl adjacent to an activating group) is 1. The molecule has 6 heteroatoms. The van der Waals surface area contributed by atoms with Crippen molar-refractivity contribution in [1.82, 2.24) is 14.8 Å². The van der Waals surface area contributed by atoms with Gasteiger partial charge in [0.25, 0.3) is 0 Å². The molecule has 0 saturated carbocycles. The van der Waals surface area contributed by atoms with Crippen LogP contribution in [0.25, 0.3) is 0 Å². The largest absolute Gasteiger partial charge is 0.354 e. The number of thiazole rings is 1. The van der Waals surface area contributed by atoms with Crippen LogP contribution >= 0.6 is 11.3 Å². The number of amides is 1. The molecule has 0 fully saturated rings. The van der Waals surface area contributed by atoms with Gasteiger partial charge in [0.1, 0.15) is 0 Å². The minimum Gasteiger partial charge on any atom is -0.354 e. The van der Waals surface area contributed by atoms with Crippen molar-refractivity contribution in [2.75, 3.05) is 39.1 Å². The molecular weight excluding hydrogens is 320 g/mol. The van der Waals surface area contributed by atoms with Crippen LogP contribution in [-0.2, 0) is 24.3 Å². The Hall–Kier alpha value is -1.92. The Morgan fingerprint density at radius 2 is 2.00 bits per heavy atom. The van der Waals surface area contributed by atoms with E-state index in [0.717, 1.165) is 30.3 Å². The van der Waals surface area contributed by atoms with E-state index < -0.39 is 0 Å². The molecular formula is C18H24N4OS. The molecule has 5 nitrogen and oxygen atoms in total. The van der Waals surface area contributed by atoms with E-state index in [2.05, 4.69) is 22.0 Å². The van der Waals surface area contributed by atoms with Crippen LogP contribution in [-0.4, -0.2) is 54.9 Å². The van der Waals surface area contributed by atoms with Gasteiger partial charge < -0.3 is 9.80 Å². The van der Waals surface area contributed by atoms with Crippen LogP contribution in [0.1, 0.15) is 16.1 Å². The maximum atomic E-state index is 12.6. The number of carbonyl (C=O) groups is 1. The van der Waals surface area contributed by atoms with Crippen LogP contribution in [0.4, 0.5) is 5.13 Å². The molecule has 1 aliphatic rings. The first-order valence-corrected chi connectivity index (χ1v) is 9.00. The van der Waals surface area contributed by atoms with Gasteiger partial charge in [-0.2, -0.15) is 0 Å². The molecule has 2 heterocycles. The Morgan fingerprint density at radius 1 is 1.25 bits per heavy atom. The van der Waals surface area contributed by atoms with Crippen molar-refractivity contribution in [2.45, 2.75) is 19.5 Å². The Bertz CT molecular complexity index is 698. The number of hydrogen-bond donors (Lipinski definition) is 0. The van der Waals surface area contributed by atoms with Gasteiger partial charge >= 0.3 is 0 Å². The second-order valence-electron chi connectivity index (χ2n) is 6.48. The number of rotatable bonds is 5. The first kappa shape index (κ1) is 16.9. The highest BCUT2D eigenvalue weighted by Gasteiger charge is 2.25. The number of benzene rings is 1. The van der Waals surface area contributed by atoms with E-state index in [-0.39, 0.29) is 5.91 Å². The average Bonchev–Trinajstić information content (AvgIpc) is 2.99. The lowest BCUT2D eigenvalue weighted by atomic mass is 10.1. The summed E-state index contributed by atoms with van der Waals surface area (Å²) < 4.78 is 0. The molecule has 0 N–H and O–H groups in total. The molecule has 0 aliphatic carbocycles. The summed E-state index contributed by atoms with van der Waals surface area (Å²) in [6, 6.07) is 10.3. The Morgan fingerprint density at radius 3 is 2.71 bits per heavy atom. The van der Waals surface area contributed by atoms with Crippen molar-refractivity contribution >= 4 is 22.4 Å². The molecule has 128 valence electrons. The summed E-state index contributed by atoms with van der Waals surface area (Å²) >= 11 is 1.69. The fourth-order valence-corrected chi connectivity index (χ4v) is 3.91. The third kappa shape index (κ3) is 3.94. The van der Waals surface area contributed by atoms with E-state index in [0.29, 0.717) is 13.1 Å². The Balaban J connectivity index is 1.57. The predicted octanol–water partition coefficient (Wildman–Crippen LogP) is 2.23. The Kier molecular flexibility index (Phi) is 5.16. The van der Waals surface area contributed by atoms with Crippen molar-refractivity contribution in [3.05, 3.63) is 46.5 Å². The van der Waals surface area contributed by atoms with Crippen molar-refractivity contribution in [3.8, 4) is 0 Å². The lowest BCUT2D eigenvalue weighted by molar-refractivity contribution is -0.133. The second-order valence-corrected chi connectivity index (χ2v) is 7.55. The highest BCUT2D eigenvalue weighted by molar-refractivity contribution is 7.15. The predicted molar refractivity (Wildman–Crippen MR) is 98.3 cm³/mol.